The summed E-state index contributed by atoms with van der Waals surface area (Å²) in [5.41, 5.74) is -9.57. The molecule has 4 rings (SSSR count). The Morgan fingerprint density at radius 1 is 0.707 bits per heavy atom. The molecule has 216 valence electrons. The van der Waals surface area contributed by atoms with Crippen molar-refractivity contribution in [3.63, 3.8) is 0 Å². The molecular weight excluding hydrogens is 577 g/mol. The maximum Gasteiger partial charge on any atom is 0.423 e. The van der Waals surface area contributed by atoms with Crippen molar-refractivity contribution in [2.45, 2.75) is 36.9 Å². The molecule has 7 nitrogen and oxygen atoms in total. The molecule has 0 atom stereocenters. The van der Waals surface area contributed by atoms with Crippen molar-refractivity contribution in [3.8, 4) is 0 Å². The molecule has 16 heteroatoms. The Balaban J connectivity index is 1.82. The number of halogens is 9. The van der Waals surface area contributed by atoms with Crippen molar-refractivity contribution in [1.82, 2.24) is 9.55 Å². The van der Waals surface area contributed by atoms with E-state index < -0.39 is 93.7 Å². The predicted molar refractivity (Wildman–Crippen MR) is 121 cm³/mol. The third-order valence-electron chi connectivity index (χ3n) is 6.32. The SMILES string of the molecule is O=C(CC1(CC(=O)c2ccc(C(F)(F)F)cc2)C(=O)Nc2ncc(C(F)(F)F)c(=O)n21)c1ccc(C(F)(F)F)cc1. The summed E-state index contributed by atoms with van der Waals surface area (Å²) < 4.78 is 118. The second-order valence-corrected chi connectivity index (χ2v) is 8.97. The van der Waals surface area contributed by atoms with Gasteiger partial charge in [-0.25, -0.2) is 4.98 Å². The zero-order chi connectivity index (χ0) is 30.5. The molecule has 0 radical (unpaired) electrons. The number of hydrogen-bond acceptors (Lipinski definition) is 5. The van der Waals surface area contributed by atoms with Crippen molar-refractivity contribution in [3.05, 3.63) is 92.9 Å². The number of amides is 1. The molecule has 0 saturated carbocycles. The van der Waals surface area contributed by atoms with E-state index in [1.807, 2.05) is 5.32 Å². The normalized spacial score (nSPS) is 14.9. The first-order valence-electron chi connectivity index (χ1n) is 11.3. The smallest absolute Gasteiger partial charge is 0.294 e. The lowest BCUT2D eigenvalue weighted by atomic mass is 9.83. The molecule has 1 amide bonds. The summed E-state index contributed by atoms with van der Waals surface area (Å²) in [5.74, 6) is -4.34. The maximum absolute atomic E-state index is 13.5. The van der Waals surface area contributed by atoms with E-state index in [0.29, 0.717) is 24.3 Å². The number of Topliss-reactive ketones (excluding diaryl/α,β-unsaturated/α-hetero) is 2. The zero-order valence-electron chi connectivity index (χ0n) is 20.0. The molecule has 0 bridgehead atoms. The fourth-order valence-electron chi connectivity index (χ4n) is 4.26. The van der Waals surface area contributed by atoms with E-state index in [1.54, 1.807) is 0 Å². The molecule has 0 unspecified atom stereocenters. The van der Waals surface area contributed by atoms with Gasteiger partial charge < -0.3 is 0 Å². The highest BCUT2D eigenvalue weighted by atomic mass is 19.4. The monoisotopic (exact) mass is 591 g/mol. The average Bonchev–Trinajstić information content (AvgIpc) is 3.13. The van der Waals surface area contributed by atoms with Gasteiger partial charge in [-0.3, -0.25) is 29.1 Å². The average molecular weight is 591 g/mol. The number of nitrogens with zero attached hydrogens (tertiary/aromatic N) is 2. The number of anilines is 1. The van der Waals surface area contributed by atoms with Crippen molar-refractivity contribution in [2.75, 3.05) is 5.32 Å². The fourth-order valence-corrected chi connectivity index (χ4v) is 4.26. The van der Waals surface area contributed by atoms with Crippen LogP contribution in [0.4, 0.5) is 45.5 Å². The summed E-state index contributed by atoms with van der Waals surface area (Å²) in [4.78, 5) is 55.8. The molecule has 0 fully saturated rings. The molecule has 3 aromatic rings. The number of aromatic nitrogens is 2. The van der Waals surface area contributed by atoms with Gasteiger partial charge in [0.25, 0.3) is 11.5 Å². The van der Waals surface area contributed by atoms with Crippen LogP contribution in [0.2, 0.25) is 0 Å². The topological polar surface area (TPSA) is 98.1 Å². The van der Waals surface area contributed by atoms with E-state index >= 15 is 0 Å². The van der Waals surface area contributed by atoms with E-state index in [9.17, 15) is 58.7 Å². The Kier molecular flexibility index (Phi) is 7.08. The Labute approximate surface area is 222 Å². The first-order chi connectivity index (χ1) is 18.8. The van der Waals surface area contributed by atoms with Crippen molar-refractivity contribution < 1.29 is 53.9 Å². The third kappa shape index (κ3) is 5.58. The van der Waals surface area contributed by atoms with E-state index in [4.69, 9.17) is 0 Å². The van der Waals surface area contributed by atoms with Gasteiger partial charge in [0.05, 0.1) is 11.1 Å². The lowest BCUT2D eigenvalue weighted by Crippen LogP contribution is -2.48. The lowest BCUT2D eigenvalue weighted by Gasteiger charge is -2.28. The van der Waals surface area contributed by atoms with Crippen LogP contribution in [0.3, 0.4) is 0 Å². The molecular formula is C25H14F9N3O4. The number of ketones is 2. The molecule has 0 saturated heterocycles. The lowest BCUT2D eigenvalue weighted by molar-refractivity contribution is -0.140. The van der Waals surface area contributed by atoms with E-state index in [1.165, 1.54) is 0 Å². The van der Waals surface area contributed by atoms with Gasteiger partial charge in [0, 0.05) is 30.2 Å². The highest BCUT2D eigenvalue weighted by molar-refractivity contribution is 6.09. The minimum atomic E-state index is -5.28. The number of fused-ring (bicyclic) bond motifs is 1. The van der Waals surface area contributed by atoms with Crippen molar-refractivity contribution in [2.24, 2.45) is 0 Å². The van der Waals surface area contributed by atoms with Gasteiger partial charge in [0.2, 0.25) is 5.95 Å². The van der Waals surface area contributed by atoms with Gasteiger partial charge in [-0.1, -0.05) is 24.3 Å². The first-order valence-corrected chi connectivity index (χ1v) is 11.3. The number of nitrogens with one attached hydrogen (secondary N) is 1. The molecule has 41 heavy (non-hydrogen) atoms. The third-order valence-corrected chi connectivity index (χ3v) is 6.32. The van der Waals surface area contributed by atoms with Gasteiger partial charge in [-0.05, 0) is 24.3 Å². The van der Waals surface area contributed by atoms with Crippen molar-refractivity contribution in [1.29, 1.82) is 0 Å². The molecule has 1 N–H and O–H groups in total. The molecule has 2 aromatic carbocycles. The van der Waals surface area contributed by atoms with Gasteiger partial charge in [0.15, 0.2) is 11.6 Å². The van der Waals surface area contributed by atoms with Crippen LogP contribution in [-0.4, -0.2) is 27.0 Å². The van der Waals surface area contributed by atoms with E-state index in [-0.39, 0.29) is 10.8 Å². The Bertz CT molecular complexity index is 1520. The molecule has 1 aromatic heterocycles. The first kappa shape index (κ1) is 29.5. The van der Waals surface area contributed by atoms with Gasteiger partial charge >= 0.3 is 18.5 Å². The molecule has 0 spiro atoms. The number of hydrogen-bond donors (Lipinski definition) is 1. The minimum Gasteiger partial charge on any atom is -0.294 e. The van der Waals surface area contributed by atoms with Crippen LogP contribution in [0.1, 0.15) is 50.2 Å². The van der Waals surface area contributed by atoms with Crippen LogP contribution in [0.5, 0.6) is 0 Å². The Morgan fingerprint density at radius 2 is 1.12 bits per heavy atom. The largest absolute Gasteiger partial charge is 0.423 e. The van der Waals surface area contributed by atoms with Crippen LogP contribution in [-0.2, 0) is 28.9 Å². The second kappa shape index (κ2) is 9.85. The molecule has 1 aliphatic heterocycles. The van der Waals surface area contributed by atoms with Gasteiger partial charge in [-0.15, -0.1) is 0 Å². The number of alkyl halides is 9. The Hall–Kier alpha value is -4.50. The number of benzene rings is 2. The van der Waals surface area contributed by atoms with Crippen LogP contribution in [0.15, 0.2) is 59.5 Å². The quantitative estimate of drug-likeness (QED) is 0.302. The molecule has 2 heterocycles. The van der Waals surface area contributed by atoms with Gasteiger partial charge in [0.1, 0.15) is 11.1 Å². The minimum absolute atomic E-state index is 0.125. The molecule has 0 aliphatic carbocycles. The second-order valence-electron chi connectivity index (χ2n) is 8.97. The van der Waals surface area contributed by atoms with Crippen LogP contribution in [0, 0.1) is 0 Å². The highest BCUT2D eigenvalue weighted by Gasteiger charge is 2.52. The summed E-state index contributed by atoms with van der Waals surface area (Å²) >= 11 is 0. The van der Waals surface area contributed by atoms with E-state index in [0.717, 1.165) is 24.3 Å². The summed E-state index contributed by atoms with van der Waals surface area (Å²) in [6, 6.07) is 5.07. The standard InChI is InChI=1S/C25H14F9N3O4/c26-23(27,28)14-5-1-12(2-6-14)17(38)9-22(10-18(39)13-3-7-15(8-4-13)24(29,30)31)20(41)36-21-35-11-16(25(32,33)34)19(40)37(21)22/h1-8,11H,9-10H2,(H,35,36,41). The highest BCUT2D eigenvalue weighted by Crippen LogP contribution is 2.38. The maximum atomic E-state index is 13.5. The Morgan fingerprint density at radius 3 is 1.49 bits per heavy atom. The number of carbonyl (C=O) groups excluding carboxylic acids is 3. The zero-order valence-corrected chi connectivity index (χ0v) is 20.0. The summed E-state index contributed by atoms with van der Waals surface area (Å²) in [7, 11) is 0. The van der Waals surface area contributed by atoms with Crippen LogP contribution in [0.25, 0.3) is 0 Å². The van der Waals surface area contributed by atoms with Crippen LogP contribution < -0.4 is 10.9 Å². The summed E-state index contributed by atoms with van der Waals surface area (Å²) in [5, 5.41) is 2.02. The predicted octanol–water partition coefficient (Wildman–Crippen LogP) is 5.49. The van der Waals surface area contributed by atoms with Crippen LogP contribution >= 0.6 is 0 Å². The van der Waals surface area contributed by atoms with Crippen molar-refractivity contribution >= 4 is 23.4 Å². The fraction of sp³-hybridized carbons (Fsp3) is 0.240. The van der Waals surface area contributed by atoms with E-state index in [2.05, 4.69) is 4.98 Å². The summed E-state index contributed by atoms with van der Waals surface area (Å²) in [6.07, 6.45) is -17.1. The molecule has 1 aliphatic rings. The number of rotatable bonds is 6. The number of carbonyl (C=O) groups is 3. The summed E-state index contributed by atoms with van der Waals surface area (Å²) in [6.45, 7) is 0. The van der Waals surface area contributed by atoms with Gasteiger partial charge in [-0.2, -0.15) is 39.5 Å².